The summed E-state index contributed by atoms with van der Waals surface area (Å²) in [5.74, 6) is -1.51. The number of fused-ring (bicyclic) bond motifs is 1. The number of primary sulfonamides is 1. The van der Waals surface area contributed by atoms with Crippen LogP contribution in [0.15, 0.2) is 35.4 Å². The summed E-state index contributed by atoms with van der Waals surface area (Å²) in [5.41, 5.74) is 5.15. The van der Waals surface area contributed by atoms with E-state index >= 15 is 0 Å². The maximum absolute atomic E-state index is 12.3. The van der Waals surface area contributed by atoms with Crippen LogP contribution in [0, 0.1) is 6.92 Å². The van der Waals surface area contributed by atoms with E-state index in [4.69, 9.17) is 5.14 Å². The van der Waals surface area contributed by atoms with Crippen LogP contribution in [0.3, 0.4) is 0 Å². The van der Waals surface area contributed by atoms with Crippen LogP contribution in [0.25, 0.3) is 0 Å². The van der Waals surface area contributed by atoms with Gasteiger partial charge in [-0.15, -0.1) is 0 Å². The molecule has 0 saturated carbocycles. The quantitative estimate of drug-likeness (QED) is 0.363. The molecule has 1 aliphatic heterocycles. The van der Waals surface area contributed by atoms with Crippen LogP contribution in [0.5, 0.6) is 5.75 Å². The molecule has 3 rings (SSSR count). The predicted octanol–water partition coefficient (Wildman–Crippen LogP) is 1.22. The number of carbonyl (C=O) groups is 2. The van der Waals surface area contributed by atoms with Crippen LogP contribution in [0.1, 0.15) is 23.6 Å². The molecular weight excluding hydrogens is 398 g/mol. The Morgan fingerprint density at radius 3 is 2.62 bits per heavy atom. The first-order valence-corrected chi connectivity index (χ1v) is 10.1. The van der Waals surface area contributed by atoms with Gasteiger partial charge in [0, 0.05) is 18.6 Å². The molecule has 29 heavy (non-hydrogen) atoms. The maximum Gasteiger partial charge on any atom is 0.276 e. The number of hydrazone groups is 1. The Hall–Kier alpha value is -3.44. The molecule has 0 saturated heterocycles. The number of carbonyl (C=O) groups excluding carboxylic acids is 2. The van der Waals surface area contributed by atoms with Crippen molar-refractivity contribution in [1.29, 1.82) is 0 Å². The van der Waals surface area contributed by atoms with Crippen molar-refractivity contribution in [3.05, 3.63) is 47.0 Å². The molecule has 0 fully saturated rings. The van der Waals surface area contributed by atoms with Gasteiger partial charge in [0.2, 0.25) is 15.9 Å². The smallest absolute Gasteiger partial charge is 0.276 e. The number of sulfonamides is 1. The summed E-state index contributed by atoms with van der Waals surface area (Å²) in [6.07, 6.45) is 0. The highest BCUT2D eigenvalue weighted by molar-refractivity contribution is 7.88. The number of aromatic hydroxyl groups is 1. The van der Waals surface area contributed by atoms with Crippen LogP contribution >= 0.6 is 0 Å². The van der Waals surface area contributed by atoms with Gasteiger partial charge in [0.05, 0.1) is 22.8 Å². The third kappa shape index (κ3) is 4.70. The Morgan fingerprint density at radius 2 is 1.97 bits per heavy atom. The summed E-state index contributed by atoms with van der Waals surface area (Å²) in [7, 11) is -3.77. The van der Waals surface area contributed by atoms with Crippen LogP contribution in [-0.2, 0) is 25.4 Å². The lowest BCUT2D eigenvalue weighted by Crippen LogP contribution is -2.17. The minimum Gasteiger partial charge on any atom is -0.506 e. The second kappa shape index (κ2) is 7.53. The van der Waals surface area contributed by atoms with Crippen molar-refractivity contribution in [2.75, 3.05) is 16.1 Å². The van der Waals surface area contributed by atoms with E-state index in [1.807, 2.05) is 0 Å². The Bertz CT molecular complexity index is 1160. The number of hydrogen-bond donors (Lipinski definition) is 5. The minimum atomic E-state index is -3.77. The zero-order valence-corrected chi connectivity index (χ0v) is 16.4. The number of nitrogens with two attached hydrogens (primary N) is 1. The summed E-state index contributed by atoms with van der Waals surface area (Å²) in [5, 5.41) is 24.3. The van der Waals surface area contributed by atoms with E-state index in [9.17, 15) is 23.1 Å². The molecule has 0 bridgehead atoms. The lowest BCUT2D eigenvalue weighted by atomic mass is 10.1. The van der Waals surface area contributed by atoms with Crippen molar-refractivity contribution in [2.24, 2.45) is 10.2 Å². The van der Waals surface area contributed by atoms with E-state index in [-0.39, 0.29) is 23.1 Å². The largest absolute Gasteiger partial charge is 0.506 e. The van der Waals surface area contributed by atoms with Crippen molar-refractivity contribution in [3.63, 3.8) is 0 Å². The van der Waals surface area contributed by atoms with E-state index in [0.717, 1.165) is 5.56 Å². The lowest BCUT2D eigenvalue weighted by molar-refractivity contribution is -0.114. The molecule has 0 spiro atoms. The number of anilines is 3. The number of benzene rings is 2. The molecule has 1 aliphatic rings. The van der Waals surface area contributed by atoms with Crippen molar-refractivity contribution in [2.45, 2.75) is 19.6 Å². The van der Waals surface area contributed by atoms with Gasteiger partial charge in [0.25, 0.3) is 5.91 Å². The molecule has 6 N–H and O–H groups in total. The maximum atomic E-state index is 12.3. The monoisotopic (exact) mass is 417 g/mol. The zero-order chi connectivity index (χ0) is 21.3. The summed E-state index contributed by atoms with van der Waals surface area (Å²) in [6, 6.07) is 7.77. The summed E-state index contributed by atoms with van der Waals surface area (Å²) < 4.78 is 23.0. The molecule has 0 atom stereocenters. The number of aryl methyl sites for hydroxylation is 1. The minimum absolute atomic E-state index is 0.00809. The number of hydrogen-bond acceptors (Lipinski definition) is 7. The third-order valence-corrected chi connectivity index (χ3v) is 4.78. The Labute approximate surface area is 166 Å². The molecule has 2 aromatic carbocycles. The van der Waals surface area contributed by atoms with Gasteiger partial charge in [0.15, 0.2) is 5.71 Å². The van der Waals surface area contributed by atoms with Crippen LogP contribution in [0.4, 0.5) is 17.1 Å². The topological polar surface area (TPSA) is 163 Å². The first-order valence-electron chi connectivity index (χ1n) is 8.43. The summed E-state index contributed by atoms with van der Waals surface area (Å²) in [4.78, 5) is 23.6. The molecule has 2 amide bonds. The highest BCUT2D eigenvalue weighted by Gasteiger charge is 2.28. The van der Waals surface area contributed by atoms with Crippen molar-refractivity contribution in [3.8, 4) is 5.75 Å². The van der Waals surface area contributed by atoms with Gasteiger partial charge in [0.1, 0.15) is 5.75 Å². The zero-order valence-electron chi connectivity index (χ0n) is 15.6. The number of rotatable bonds is 5. The van der Waals surface area contributed by atoms with Gasteiger partial charge in [-0.1, -0.05) is 17.7 Å². The molecule has 0 radical (unpaired) electrons. The first kappa shape index (κ1) is 20.3. The standard InChI is InChI=1S/C18H19N5O5S/c1-9-3-4-13(11(5-9)8-29(19,27)28)22-23-17-12-6-15(20-10(2)24)16(25)7-14(12)21-18(17)26/h3-7,22,25H,8H2,1-2H3,(H,20,24)(H2,19,27,28)(H,21,23,26). The molecule has 152 valence electrons. The van der Waals surface area contributed by atoms with Gasteiger partial charge in [-0.25, -0.2) is 13.6 Å². The van der Waals surface area contributed by atoms with Gasteiger partial charge in [-0.3, -0.25) is 15.0 Å². The Kier molecular flexibility index (Phi) is 5.27. The van der Waals surface area contributed by atoms with E-state index in [1.165, 1.54) is 19.1 Å². The SMILES string of the molecule is CC(=O)Nc1cc2c(cc1O)NC(=O)C2=NNc1ccc(C)cc1CS(N)(=O)=O. The fraction of sp³-hybridized carbons (Fsp3) is 0.167. The van der Waals surface area contributed by atoms with Gasteiger partial charge in [-0.2, -0.15) is 5.10 Å². The third-order valence-electron chi connectivity index (χ3n) is 4.07. The molecule has 0 unspecified atom stereocenters. The number of nitrogens with one attached hydrogen (secondary N) is 3. The Morgan fingerprint density at radius 1 is 1.24 bits per heavy atom. The predicted molar refractivity (Wildman–Crippen MR) is 109 cm³/mol. The van der Waals surface area contributed by atoms with Crippen molar-refractivity contribution in [1.82, 2.24) is 0 Å². The van der Waals surface area contributed by atoms with Gasteiger partial charge in [-0.05, 0) is 24.6 Å². The van der Waals surface area contributed by atoms with E-state index in [2.05, 4.69) is 21.2 Å². The number of nitrogens with zero attached hydrogens (tertiary/aromatic N) is 1. The molecule has 2 aromatic rings. The fourth-order valence-corrected chi connectivity index (χ4v) is 3.55. The van der Waals surface area contributed by atoms with Gasteiger partial charge >= 0.3 is 0 Å². The molecule has 10 nitrogen and oxygen atoms in total. The van der Waals surface area contributed by atoms with Crippen LogP contribution < -0.4 is 21.2 Å². The fourth-order valence-electron chi connectivity index (χ4n) is 2.88. The van der Waals surface area contributed by atoms with E-state index < -0.39 is 21.7 Å². The average Bonchev–Trinajstić information content (AvgIpc) is 2.87. The average molecular weight is 417 g/mol. The molecule has 11 heteroatoms. The highest BCUT2D eigenvalue weighted by Crippen LogP contribution is 2.34. The highest BCUT2D eigenvalue weighted by atomic mass is 32.2. The van der Waals surface area contributed by atoms with Crippen molar-refractivity contribution < 1.29 is 23.1 Å². The second-order valence-electron chi connectivity index (χ2n) is 6.59. The summed E-state index contributed by atoms with van der Waals surface area (Å²) >= 11 is 0. The lowest BCUT2D eigenvalue weighted by Gasteiger charge is -2.10. The second-order valence-corrected chi connectivity index (χ2v) is 8.20. The normalized spacial score (nSPS) is 14.4. The van der Waals surface area contributed by atoms with E-state index in [1.54, 1.807) is 25.1 Å². The molecule has 1 heterocycles. The number of phenols is 1. The van der Waals surface area contributed by atoms with Crippen molar-refractivity contribution >= 4 is 44.6 Å². The first-order chi connectivity index (χ1) is 13.5. The molecular formula is C18H19N5O5S. The molecule has 0 aliphatic carbocycles. The van der Waals surface area contributed by atoms with Gasteiger partial charge < -0.3 is 15.7 Å². The Balaban J connectivity index is 1.97. The van der Waals surface area contributed by atoms with E-state index in [0.29, 0.717) is 22.5 Å². The molecule has 0 aromatic heterocycles. The number of phenolic OH excluding ortho intramolecular Hbond substituents is 1. The van der Waals surface area contributed by atoms with Crippen LogP contribution in [-0.4, -0.2) is 31.1 Å². The van der Waals surface area contributed by atoms with Crippen LogP contribution in [0.2, 0.25) is 0 Å². The summed E-state index contributed by atoms with van der Waals surface area (Å²) in [6.45, 7) is 3.09. The number of amides is 2.